The summed E-state index contributed by atoms with van der Waals surface area (Å²) >= 11 is 0. The van der Waals surface area contributed by atoms with Crippen molar-refractivity contribution in [1.82, 2.24) is 9.78 Å². The molecule has 7 heteroatoms. The number of carbonyl (C=O) groups is 1. The van der Waals surface area contributed by atoms with E-state index in [4.69, 9.17) is 11.5 Å². The molecule has 144 valence electrons. The highest BCUT2D eigenvalue weighted by molar-refractivity contribution is 5.92. The second kappa shape index (κ2) is 7.01. The van der Waals surface area contributed by atoms with Crippen LogP contribution < -0.4 is 11.5 Å². The third-order valence-corrected chi connectivity index (χ3v) is 5.15. The first-order chi connectivity index (χ1) is 13.5. The van der Waals surface area contributed by atoms with Gasteiger partial charge in [-0.3, -0.25) is 4.68 Å². The lowest BCUT2D eigenvalue weighted by atomic mass is 9.86. The first-order valence-corrected chi connectivity index (χ1v) is 9.24. The molecule has 0 radical (unpaired) electrons. The van der Waals surface area contributed by atoms with E-state index in [9.17, 15) is 15.0 Å². The van der Waals surface area contributed by atoms with E-state index < -0.39 is 5.97 Å². The average Bonchev–Trinajstić information content (AvgIpc) is 3.04. The standard InChI is InChI=1S/C21H22N4O3/c22-7-2-8-25-20(21(27)28)15-6-5-13-10-18(26)16(11-17(13)19(15)24-25)12-3-1-4-14(23)9-12/h1,3-4,9-11,26H,2,5-8,22-23H2,(H,27,28). The molecule has 0 saturated heterocycles. The molecular formula is C21H22N4O3. The van der Waals surface area contributed by atoms with E-state index in [1.54, 1.807) is 22.9 Å². The SMILES string of the molecule is NCCCn1nc2c(c1C(=O)O)CCc1cc(O)c(-c3cccc(N)c3)cc1-2. The number of carboxylic acid groups (broad SMARTS) is 1. The highest BCUT2D eigenvalue weighted by Gasteiger charge is 2.29. The van der Waals surface area contributed by atoms with Crippen molar-refractivity contribution in [2.45, 2.75) is 25.8 Å². The molecule has 6 N–H and O–H groups in total. The highest BCUT2D eigenvalue weighted by atomic mass is 16.4. The molecular weight excluding hydrogens is 356 g/mol. The summed E-state index contributed by atoms with van der Waals surface area (Å²) in [5, 5.41) is 24.9. The zero-order valence-electron chi connectivity index (χ0n) is 15.4. The predicted octanol–water partition coefficient (Wildman–Crippen LogP) is 2.65. The number of nitrogens with zero attached hydrogens (tertiary/aromatic N) is 2. The van der Waals surface area contributed by atoms with Crippen LogP contribution in [0, 0.1) is 0 Å². The van der Waals surface area contributed by atoms with Crippen molar-refractivity contribution in [2.75, 3.05) is 12.3 Å². The maximum absolute atomic E-state index is 11.9. The fourth-order valence-corrected chi connectivity index (χ4v) is 3.85. The van der Waals surface area contributed by atoms with Crippen molar-refractivity contribution >= 4 is 11.7 Å². The molecule has 0 amide bonds. The maximum atomic E-state index is 11.9. The van der Waals surface area contributed by atoms with Crippen LogP contribution in [0.4, 0.5) is 5.69 Å². The van der Waals surface area contributed by atoms with Crippen LogP contribution in [-0.4, -0.2) is 32.5 Å². The Balaban J connectivity index is 1.88. The van der Waals surface area contributed by atoms with Gasteiger partial charge in [0.25, 0.3) is 0 Å². The number of aromatic nitrogens is 2. The zero-order chi connectivity index (χ0) is 19.8. The van der Waals surface area contributed by atoms with E-state index in [0.29, 0.717) is 49.3 Å². The van der Waals surface area contributed by atoms with Gasteiger partial charge in [0.2, 0.25) is 0 Å². The number of benzene rings is 2. The predicted molar refractivity (Wildman–Crippen MR) is 107 cm³/mol. The number of fused-ring (bicyclic) bond motifs is 3. The molecule has 0 aliphatic heterocycles. The Kier molecular flexibility index (Phi) is 4.52. The number of aromatic carboxylic acids is 1. The normalized spacial score (nSPS) is 12.5. The van der Waals surface area contributed by atoms with E-state index in [0.717, 1.165) is 22.3 Å². The van der Waals surface area contributed by atoms with Crippen LogP contribution in [0.1, 0.15) is 28.0 Å². The lowest BCUT2D eigenvalue weighted by Crippen LogP contribution is -2.14. The molecule has 1 heterocycles. The largest absolute Gasteiger partial charge is 0.507 e. The molecule has 4 rings (SSSR count). The molecule has 0 bridgehead atoms. The third-order valence-electron chi connectivity index (χ3n) is 5.15. The molecule has 2 aromatic carbocycles. The van der Waals surface area contributed by atoms with Gasteiger partial charge in [-0.05, 0) is 61.2 Å². The summed E-state index contributed by atoms with van der Waals surface area (Å²) in [5.74, 6) is -0.808. The molecule has 28 heavy (non-hydrogen) atoms. The van der Waals surface area contributed by atoms with Gasteiger partial charge in [-0.2, -0.15) is 5.10 Å². The summed E-state index contributed by atoms with van der Waals surface area (Å²) in [6, 6.07) is 10.9. The lowest BCUT2D eigenvalue weighted by molar-refractivity contribution is 0.0681. The molecule has 3 aromatic rings. The van der Waals surface area contributed by atoms with Gasteiger partial charge in [0, 0.05) is 28.9 Å². The number of carboxylic acids is 1. The van der Waals surface area contributed by atoms with Gasteiger partial charge in [0.15, 0.2) is 0 Å². The number of hydrogen-bond acceptors (Lipinski definition) is 5. The first kappa shape index (κ1) is 18.1. The lowest BCUT2D eigenvalue weighted by Gasteiger charge is -2.18. The van der Waals surface area contributed by atoms with Crippen LogP contribution >= 0.6 is 0 Å². The fourth-order valence-electron chi connectivity index (χ4n) is 3.85. The van der Waals surface area contributed by atoms with E-state index >= 15 is 0 Å². The topological polar surface area (TPSA) is 127 Å². The Morgan fingerprint density at radius 2 is 2.00 bits per heavy atom. The third kappa shape index (κ3) is 2.99. The Morgan fingerprint density at radius 1 is 1.18 bits per heavy atom. The van der Waals surface area contributed by atoms with Gasteiger partial charge >= 0.3 is 5.97 Å². The summed E-state index contributed by atoms with van der Waals surface area (Å²) in [5.41, 5.74) is 17.0. The first-order valence-electron chi connectivity index (χ1n) is 9.24. The number of phenolic OH excluding ortho intramolecular Hbond substituents is 1. The quantitative estimate of drug-likeness (QED) is 0.506. The van der Waals surface area contributed by atoms with Crippen molar-refractivity contribution in [3.8, 4) is 28.1 Å². The molecule has 0 saturated carbocycles. The Bertz CT molecular complexity index is 1070. The molecule has 1 aliphatic rings. The van der Waals surface area contributed by atoms with Crippen LogP contribution in [0.25, 0.3) is 22.4 Å². The minimum absolute atomic E-state index is 0.175. The summed E-state index contributed by atoms with van der Waals surface area (Å²) < 4.78 is 1.54. The van der Waals surface area contributed by atoms with Crippen LogP contribution in [0.15, 0.2) is 36.4 Å². The monoisotopic (exact) mass is 378 g/mol. The smallest absolute Gasteiger partial charge is 0.354 e. The minimum Gasteiger partial charge on any atom is -0.507 e. The van der Waals surface area contributed by atoms with Gasteiger partial charge in [0.1, 0.15) is 11.4 Å². The van der Waals surface area contributed by atoms with Gasteiger partial charge in [-0.1, -0.05) is 12.1 Å². The molecule has 0 atom stereocenters. The molecule has 0 unspecified atom stereocenters. The Labute approximate surface area is 162 Å². The Hall–Kier alpha value is -3.32. The van der Waals surface area contributed by atoms with Crippen LogP contribution in [0.5, 0.6) is 5.75 Å². The summed E-state index contributed by atoms with van der Waals surface area (Å²) in [7, 11) is 0. The van der Waals surface area contributed by atoms with Crippen LogP contribution in [-0.2, 0) is 19.4 Å². The zero-order valence-corrected chi connectivity index (χ0v) is 15.4. The fraction of sp³-hybridized carbons (Fsp3) is 0.238. The number of anilines is 1. The average molecular weight is 378 g/mol. The van der Waals surface area contributed by atoms with E-state index in [-0.39, 0.29) is 11.4 Å². The number of nitrogens with two attached hydrogens (primary N) is 2. The number of rotatable bonds is 5. The van der Waals surface area contributed by atoms with Gasteiger partial charge in [0.05, 0.1) is 5.69 Å². The number of phenols is 1. The summed E-state index contributed by atoms with van der Waals surface area (Å²) in [6.07, 6.45) is 1.87. The Morgan fingerprint density at radius 3 is 2.71 bits per heavy atom. The maximum Gasteiger partial charge on any atom is 0.354 e. The molecule has 0 spiro atoms. The van der Waals surface area contributed by atoms with E-state index in [2.05, 4.69) is 5.10 Å². The second-order valence-electron chi connectivity index (χ2n) is 7.00. The van der Waals surface area contributed by atoms with Crippen molar-refractivity contribution in [1.29, 1.82) is 0 Å². The molecule has 1 aliphatic carbocycles. The highest BCUT2D eigenvalue weighted by Crippen LogP contribution is 2.41. The van der Waals surface area contributed by atoms with Gasteiger partial charge < -0.3 is 21.7 Å². The number of aryl methyl sites for hydroxylation is 2. The molecule has 1 aromatic heterocycles. The van der Waals surface area contributed by atoms with E-state index in [1.807, 2.05) is 18.2 Å². The summed E-state index contributed by atoms with van der Waals surface area (Å²) in [4.78, 5) is 11.9. The van der Waals surface area contributed by atoms with Crippen molar-refractivity contribution < 1.29 is 15.0 Å². The minimum atomic E-state index is -0.982. The number of aromatic hydroxyl groups is 1. The second-order valence-corrected chi connectivity index (χ2v) is 7.00. The van der Waals surface area contributed by atoms with Crippen molar-refractivity contribution in [2.24, 2.45) is 5.73 Å². The van der Waals surface area contributed by atoms with Gasteiger partial charge in [-0.25, -0.2) is 4.79 Å². The van der Waals surface area contributed by atoms with Gasteiger partial charge in [-0.15, -0.1) is 0 Å². The van der Waals surface area contributed by atoms with Crippen LogP contribution in [0.3, 0.4) is 0 Å². The number of hydrogen-bond donors (Lipinski definition) is 4. The molecule has 0 fully saturated rings. The van der Waals surface area contributed by atoms with Crippen molar-refractivity contribution in [3.63, 3.8) is 0 Å². The van der Waals surface area contributed by atoms with Crippen molar-refractivity contribution in [3.05, 3.63) is 53.2 Å². The van der Waals surface area contributed by atoms with E-state index in [1.165, 1.54) is 0 Å². The summed E-state index contributed by atoms with van der Waals surface area (Å²) in [6.45, 7) is 0.925. The van der Waals surface area contributed by atoms with Crippen LogP contribution in [0.2, 0.25) is 0 Å². The molecule has 7 nitrogen and oxygen atoms in total. The number of nitrogen functional groups attached to an aromatic ring is 1.